The summed E-state index contributed by atoms with van der Waals surface area (Å²) >= 11 is 5.93. The summed E-state index contributed by atoms with van der Waals surface area (Å²) in [4.78, 5) is 0. The van der Waals surface area contributed by atoms with Crippen molar-refractivity contribution in [1.29, 1.82) is 0 Å². The van der Waals surface area contributed by atoms with E-state index in [1.807, 2.05) is 0 Å². The highest BCUT2D eigenvalue weighted by Gasteiger charge is 2.24. The molecule has 2 rings (SSSR count). The fraction of sp³-hybridized carbons (Fsp3) is 0.455. The lowest BCUT2D eigenvalue weighted by atomic mass is 10.0. The van der Waals surface area contributed by atoms with Crippen molar-refractivity contribution in [3.63, 3.8) is 0 Å². The lowest BCUT2D eigenvalue weighted by Crippen LogP contribution is -2.20. The van der Waals surface area contributed by atoms with Crippen molar-refractivity contribution in [1.82, 2.24) is 0 Å². The number of ether oxygens (including phenoxy) is 1. The average Bonchev–Trinajstić information content (AvgIpc) is 2.25. The molecule has 2 atom stereocenters. The highest BCUT2D eigenvalue weighted by atomic mass is 35.5. The fourth-order valence-electron chi connectivity index (χ4n) is 1.75. The van der Waals surface area contributed by atoms with Gasteiger partial charge in [-0.3, -0.25) is 0 Å². The first-order valence-corrected chi connectivity index (χ1v) is 5.41. The van der Waals surface area contributed by atoms with E-state index < -0.39 is 23.6 Å². The van der Waals surface area contributed by atoms with Gasteiger partial charge in [-0.15, -0.1) is 11.6 Å². The summed E-state index contributed by atoms with van der Waals surface area (Å²) in [6, 6.07) is 1.91. The largest absolute Gasteiger partial charge is 0.373 e. The lowest BCUT2D eigenvalue weighted by molar-refractivity contribution is 0.0164. The third-order valence-electron chi connectivity index (χ3n) is 2.60. The van der Waals surface area contributed by atoms with E-state index in [0.717, 1.165) is 12.1 Å². The van der Waals surface area contributed by atoms with Crippen molar-refractivity contribution in [2.24, 2.45) is 0 Å². The van der Waals surface area contributed by atoms with Crippen molar-refractivity contribution in [3.05, 3.63) is 35.1 Å². The second-order valence-corrected chi connectivity index (χ2v) is 4.40. The Labute approximate surface area is 96.2 Å². The molecule has 1 fully saturated rings. The van der Waals surface area contributed by atoms with Gasteiger partial charge in [0.1, 0.15) is 0 Å². The van der Waals surface area contributed by atoms with Gasteiger partial charge >= 0.3 is 0 Å². The summed E-state index contributed by atoms with van der Waals surface area (Å²) in [6.07, 6.45) is 0.733. The fourth-order valence-corrected chi connectivity index (χ4v) is 2.00. The lowest BCUT2D eigenvalue weighted by Gasteiger charge is -2.26. The van der Waals surface area contributed by atoms with Gasteiger partial charge in [-0.2, -0.15) is 0 Å². The molecule has 0 aliphatic carbocycles. The first-order chi connectivity index (χ1) is 7.58. The Kier molecular flexibility index (Phi) is 3.40. The third-order valence-corrected chi connectivity index (χ3v) is 2.99. The number of hydrogen-bond donors (Lipinski definition) is 0. The van der Waals surface area contributed by atoms with Gasteiger partial charge < -0.3 is 4.74 Å². The van der Waals surface area contributed by atoms with Crippen molar-refractivity contribution in [3.8, 4) is 0 Å². The second-order valence-electron chi connectivity index (χ2n) is 3.78. The topological polar surface area (TPSA) is 9.23 Å². The molecule has 0 amide bonds. The maximum Gasteiger partial charge on any atom is 0.194 e. The highest BCUT2D eigenvalue weighted by molar-refractivity contribution is 6.20. The van der Waals surface area contributed by atoms with Crippen molar-refractivity contribution in [2.75, 3.05) is 6.61 Å². The van der Waals surface area contributed by atoms with E-state index in [1.165, 1.54) is 0 Å². The van der Waals surface area contributed by atoms with Gasteiger partial charge in [-0.25, -0.2) is 13.2 Å². The van der Waals surface area contributed by atoms with Crippen LogP contribution in [0.15, 0.2) is 12.1 Å². The SMILES string of the molecule is Fc1cc(C2CC(Cl)CCO2)cc(F)c1F. The molecule has 1 saturated heterocycles. The smallest absolute Gasteiger partial charge is 0.194 e. The van der Waals surface area contributed by atoms with Crippen LogP contribution in [0, 0.1) is 17.5 Å². The van der Waals surface area contributed by atoms with E-state index in [-0.39, 0.29) is 5.38 Å². The average molecular weight is 251 g/mol. The zero-order valence-electron chi connectivity index (χ0n) is 8.35. The normalized spacial score (nSPS) is 25.8. The maximum absolute atomic E-state index is 13.0. The monoisotopic (exact) mass is 250 g/mol. The zero-order chi connectivity index (χ0) is 11.7. The minimum atomic E-state index is -1.46. The zero-order valence-corrected chi connectivity index (χ0v) is 9.11. The Morgan fingerprint density at radius 1 is 1.19 bits per heavy atom. The van der Waals surface area contributed by atoms with Gasteiger partial charge in [0, 0.05) is 12.0 Å². The minimum Gasteiger partial charge on any atom is -0.373 e. The molecule has 1 aliphatic heterocycles. The Morgan fingerprint density at radius 3 is 2.38 bits per heavy atom. The van der Waals surface area contributed by atoms with Gasteiger partial charge in [-0.05, 0) is 30.5 Å². The molecule has 1 aliphatic rings. The summed E-state index contributed by atoms with van der Waals surface area (Å²) in [6.45, 7) is 0.444. The summed E-state index contributed by atoms with van der Waals surface area (Å²) in [5, 5.41) is -0.0741. The van der Waals surface area contributed by atoms with Crippen LogP contribution in [0.1, 0.15) is 24.5 Å². The van der Waals surface area contributed by atoms with Crippen LogP contribution in [-0.2, 0) is 4.74 Å². The van der Waals surface area contributed by atoms with Crippen LogP contribution in [0.3, 0.4) is 0 Å². The number of benzene rings is 1. The molecule has 1 nitrogen and oxygen atoms in total. The Balaban J connectivity index is 2.26. The van der Waals surface area contributed by atoms with Crippen molar-refractivity contribution >= 4 is 11.6 Å². The quantitative estimate of drug-likeness (QED) is 0.547. The van der Waals surface area contributed by atoms with Crippen LogP contribution in [0.2, 0.25) is 0 Å². The first-order valence-electron chi connectivity index (χ1n) is 4.98. The van der Waals surface area contributed by atoms with Crippen LogP contribution < -0.4 is 0 Å². The Bertz CT molecular complexity index is 374. The standard InChI is InChI=1S/C11H10ClF3O/c12-7-1-2-16-10(5-7)6-3-8(13)11(15)9(14)4-6/h3-4,7,10H,1-2,5H2. The molecular weight excluding hydrogens is 241 g/mol. The van der Waals surface area contributed by atoms with Gasteiger partial charge in [-0.1, -0.05) is 0 Å². The molecular formula is C11H10ClF3O. The molecule has 0 bridgehead atoms. The Morgan fingerprint density at radius 2 is 1.81 bits per heavy atom. The highest BCUT2D eigenvalue weighted by Crippen LogP contribution is 2.31. The number of hydrogen-bond acceptors (Lipinski definition) is 1. The molecule has 0 spiro atoms. The predicted octanol–water partition coefficient (Wildman–Crippen LogP) is 3.56. The molecule has 1 aromatic carbocycles. The predicted molar refractivity (Wildman–Crippen MR) is 53.9 cm³/mol. The summed E-state index contributed by atoms with van der Waals surface area (Å²) < 4.78 is 44.1. The molecule has 0 aromatic heterocycles. The molecule has 2 unspecified atom stereocenters. The number of rotatable bonds is 1. The van der Waals surface area contributed by atoms with Crippen molar-refractivity contribution < 1.29 is 17.9 Å². The van der Waals surface area contributed by atoms with Gasteiger partial charge in [0.2, 0.25) is 0 Å². The molecule has 0 N–H and O–H groups in total. The van der Waals surface area contributed by atoms with E-state index in [9.17, 15) is 13.2 Å². The second kappa shape index (κ2) is 4.63. The van der Waals surface area contributed by atoms with Gasteiger partial charge in [0.25, 0.3) is 0 Å². The molecule has 88 valence electrons. The minimum absolute atomic E-state index is 0.0741. The van der Waals surface area contributed by atoms with Crippen molar-refractivity contribution in [2.45, 2.75) is 24.3 Å². The molecule has 16 heavy (non-hydrogen) atoms. The summed E-state index contributed by atoms with van der Waals surface area (Å²) in [5.41, 5.74) is 0.293. The van der Waals surface area contributed by atoms with Crippen LogP contribution in [0.25, 0.3) is 0 Å². The van der Waals surface area contributed by atoms with E-state index in [1.54, 1.807) is 0 Å². The molecule has 1 aromatic rings. The molecule has 1 heterocycles. The van der Waals surface area contributed by atoms with E-state index >= 15 is 0 Å². The van der Waals surface area contributed by atoms with Crippen LogP contribution in [0.5, 0.6) is 0 Å². The maximum atomic E-state index is 13.0. The van der Waals surface area contributed by atoms with Crippen LogP contribution in [0.4, 0.5) is 13.2 Å². The van der Waals surface area contributed by atoms with Gasteiger partial charge in [0.15, 0.2) is 17.5 Å². The number of halogens is 4. The van der Waals surface area contributed by atoms with E-state index in [2.05, 4.69) is 0 Å². The van der Waals surface area contributed by atoms with Crippen LogP contribution >= 0.6 is 11.6 Å². The van der Waals surface area contributed by atoms with E-state index in [0.29, 0.717) is 25.0 Å². The third kappa shape index (κ3) is 2.33. The summed E-state index contributed by atoms with van der Waals surface area (Å²) in [7, 11) is 0. The molecule has 5 heteroatoms. The molecule has 0 saturated carbocycles. The number of alkyl halides is 1. The van der Waals surface area contributed by atoms with Gasteiger partial charge in [0.05, 0.1) is 6.10 Å². The van der Waals surface area contributed by atoms with E-state index in [4.69, 9.17) is 16.3 Å². The Hall–Kier alpha value is -0.740. The summed E-state index contributed by atoms with van der Waals surface area (Å²) in [5.74, 6) is -3.85. The molecule has 0 radical (unpaired) electrons. The van der Waals surface area contributed by atoms with Crippen LogP contribution in [-0.4, -0.2) is 12.0 Å². The first kappa shape index (κ1) is 11.7.